The third kappa shape index (κ3) is 5.80. The van der Waals surface area contributed by atoms with E-state index in [-0.39, 0.29) is 21.7 Å². The standard InChI is InChI=1S/C23H23N3O6S/c1-15-7-10-19(11-8-15)33(29,30)26-18-6-4-5-16(13-18)22(27)24-25-23(28)17-9-12-20(31-2)21(14-17)32-3/h4-14,26H,1-3H3,(H,24,27)(H,25,28). The number of sulfonamides is 1. The van der Waals surface area contributed by atoms with Crippen LogP contribution in [0, 0.1) is 6.92 Å². The number of hydrogen-bond donors (Lipinski definition) is 3. The van der Waals surface area contributed by atoms with Gasteiger partial charge >= 0.3 is 0 Å². The van der Waals surface area contributed by atoms with Crippen molar-refractivity contribution in [3.63, 3.8) is 0 Å². The van der Waals surface area contributed by atoms with Gasteiger partial charge in [0.15, 0.2) is 11.5 Å². The highest BCUT2D eigenvalue weighted by Crippen LogP contribution is 2.27. The van der Waals surface area contributed by atoms with E-state index in [0.29, 0.717) is 11.5 Å². The Morgan fingerprint density at radius 2 is 1.36 bits per heavy atom. The molecule has 0 radical (unpaired) electrons. The minimum atomic E-state index is -3.82. The quantitative estimate of drug-likeness (QED) is 0.457. The summed E-state index contributed by atoms with van der Waals surface area (Å²) in [5.74, 6) is -0.367. The summed E-state index contributed by atoms with van der Waals surface area (Å²) in [5.41, 5.74) is 6.14. The third-order valence-electron chi connectivity index (χ3n) is 4.64. The molecule has 0 saturated carbocycles. The topological polar surface area (TPSA) is 123 Å². The second-order valence-corrected chi connectivity index (χ2v) is 8.66. The average Bonchev–Trinajstić information content (AvgIpc) is 2.82. The SMILES string of the molecule is COc1ccc(C(=O)NNC(=O)c2cccc(NS(=O)(=O)c3ccc(C)cc3)c2)cc1OC. The second-order valence-electron chi connectivity index (χ2n) is 6.98. The van der Waals surface area contributed by atoms with Crippen LogP contribution >= 0.6 is 0 Å². The normalized spacial score (nSPS) is 10.8. The third-order valence-corrected chi connectivity index (χ3v) is 6.04. The first kappa shape index (κ1) is 23.6. The van der Waals surface area contributed by atoms with E-state index in [2.05, 4.69) is 15.6 Å². The number of ether oxygens (including phenoxy) is 2. The molecule has 0 fully saturated rings. The van der Waals surface area contributed by atoms with E-state index in [1.54, 1.807) is 18.2 Å². The molecule has 2 amide bonds. The average molecular weight is 470 g/mol. The fourth-order valence-electron chi connectivity index (χ4n) is 2.89. The first-order valence-electron chi connectivity index (χ1n) is 9.76. The van der Waals surface area contributed by atoms with Gasteiger partial charge in [0.05, 0.1) is 19.1 Å². The molecule has 0 atom stereocenters. The Balaban J connectivity index is 1.67. The molecule has 0 aliphatic heterocycles. The number of benzene rings is 3. The van der Waals surface area contributed by atoms with Gasteiger partial charge in [0.1, 0.15) is 0 Å². The van der Waals surface area contributed by atoms with E-state index in [4.69, 9.17) is 9.47 Å². The Hall–Kier alpha value is -4.05. The van der Waals surface area contributed by atoms with Crippen LogP contribution in [-0.4, -0.2) is 34.5 Å². The van der Waals surface area contributed by atoms with Gasteiger partial charge in [0, 0.05) is 16.8 Å². The van der Waals surface area contributed by atoms with Gasteiger partial charge < -0.3 is 9.47 Å². The molecule has 0 aliphatic carbocycles. The summed E-state index contributed by atoms with van der Waals surface area (Å²) in [4.78, 5) is 25.0. The first-order chi connectivity index (χ1) is 15.7. The summed E-state index contributed by atoms with van der Waals surface area (Å²) in [6, 6.07) is 16.8. The Bertz CT molecular complexity index is 1270. The molecule has 3 aromatic carbocycles. The highest BCUT2D eigenvalue weighted by Gasteiger charge is 2.16. The highest BCUT2D eigenvalue weighted by molar-refractivity contribution is 7.92. The highest BCUT2D eigenvalue weighted by atomic mass is 32.2. The van der Waals surface area contributed by atoms with Crippen LogP contribution in [0.2, 0.25) is 0 Å². The van der Waals surface area contributed by atoms with E-state index in [0.717, 1.165) is 5.56 Å². The van der Waals surface area contributed by atoms with Gasteiger partial charge in [-0.25, -0.2) is 8.42 Å². The zero-order chi connectivity index (χ0) is 24.0. The zero-order valence-corrected chi connectivity index (χ0v) is 19.0. The van der Waals surface area contributed by atoms with Crippen molar-refractivity contribution in [2.45, 2.75) is 11.8 Å². The van der Waals surface area contributed by atoms with Gasteiger partial charge in [-0.15, -0.1) is 0 Å². The molecule has 0 aliphatic rings. The van der Waals surface area contributed by atoms with Gasteiger partial charge in [0.2, 0.25) is 0 Å². The number of aryl methyl sites for hydroxylation is 1. The predicted octanol–water partition coefficient (Wildman–Crippen LogP) is 2.89. The summed E-state index contributed by atoms with van der Waals surface area (Å²) >= 11 is 0. The van der Waals surface area contributed by atoms with Crippen LogP contribution in [0.15, 0.2) is 71.6 Å². The molecule has 3 rings (SSSR count). The van der Waals surface area contributed by atoms with Gasteiger partial charge in [-0.05, 0) is 55.5 Å². The number of hydrazine groups is 1. The van der Waals surface area contributed by atoms with Crippen molar-refractivity contribution in [2.24, 2.45) is 0 Å². The van der Waals surface area contributed by atoms with E-state index in [1.807, 2.05) is 6.92 Å². The van der Waals surface area contributed by atoms with E-state index < -0.39 is 21.8 Å². The Morgan fingerprint density at radius 3 is 1.97 bits per heavy atom. The molecular weight excluding hydrogens is 446 g/mol. The molecule has 172 valence electrons. The number of hydrogen-bond acceptors (Lipinski definition) is 6. The van der Waals surface area contributed by atoms with Crippen LogP contribution in [-0.2, 0) is 10.0 Å². The molecule has 0 saturated heterocycles. The van der Waals surface area contributed by atoms with Crippen molar-refractivity contribution in [3.05, 3.63) is 83.4 Å². The van der Waals surface area contributed by atoms with Crippen LogP contribution < -0.4 is 25.0 Å². The number of amides is 2. The maximum atomic E-state index is 12.6. The van der Waals surface area contributed by atoms with Crippen LogP contribution in [0.1, 0.15) is 26.3 Å². The van der Waals surface area contributed by atoms with Crippen LogP contribution in [0.4, 0.5) is 5.69 Å². The number of carbonyl (C=O) groups is 2. The molecule has 3 aromatic rings. The van der Waals surface area contributed by atoms with Gasteiger partial charge in [-0.3, -0.25) is 25.2 Å². The lowest BCUT2D eigenvalue weighted by Crippen LogP contribution is -2.41. The Labute approximate surface area is 191 Å². The maximum absolute atomic E-state index is 12.6. The molecule has 0 unspecified atom stereocenters. The van der Waals surface area contributed by atoms with E-state index in [9.17, 15) is 18.0 Å². The minimum Gasteiger partial charge on any atom is -0.493 e. The van der Waals surface area contributed by atoms with Crippen LogP contribution in [0.25, 0.3) is 0 Å². The maximum Gasteiger partial charge on any atom is 0.269 e. The monoisotopic (exact) mass is 469 g/mol. The lowest BCUT2D eigenvalue weighted by atomic mass is 10.2. The van der Waals surface area contributed by atoms with Gasteiger partial charge in [-0.1, -0.05) is 23.8 Å². The molecule has 33 heavy (non-hydrogen) atoms. The second kappa shape index (κ2) is 10.0. The van der Waals surface area contributed by atoms with E-state index in [1.165, 1.54) is 62.8 Å². The summed E-state index contributed by atoms with van der Waals surface area (Å²) in [7, 11) is -0.895. The zero-order valence-electron chi connectivity index (χ0n) is 18.2. The predicted molar refractivity (Wildman–Crippen MR) is 123 cm³/mol. The van der Waals surface area contributed by atoms with Crippen molar-refractivity contribution >= 4 is 27.5 Å². The fourth-order valence-corrected chi connectivity index (χ4v) is 3.94. The van der Waals surface area contributed by atoms with Crippen molar-refractivity contribution < 1.29 is 27.5 Å². The Kier molecular flexibility index (Phi) is 7.19. The fraction of sp³-hybridized carbons (Fsp3) is 0.130. The molecule has 10 heteroatoms. The molecule has 0 bridgehead atoms. The van der Waals surface area contributed by atoms with Gasteiger partial charge in [0.25, 0.3) is 21.8 Å². The summed E-state index contributed by atoms with van der Waals surface area (Å²) in [6.07, 6.45) is 0. The largest absolute Gasteiger partial charge is 0.493 e. The minimum absolute atomic E-state index is 0.102. The molecule has 3 N–H and O–H groups in total. The lowest BCUT2D eigenvalue weighted by molar-refractivity contribution is 0.0846. The lowest BCUT2D eigenvalue weighted by Gasteiger charge is -2.12. The first-order valence-corrected chi connectivity index (χ1v) is 11.2. The Morgan fingerprint density at radius 1 is 0.758 bits per heavy atom. The van der Waals surface area contributed by atoms with Crippen molar-refractivity contribution in [3.8, 4) is 11.5 Å². The molecule has 9 nitrogen and oxygen atoms in total. The van der Waals surface area contributed by atoms with E-state index >= 15 is 0 Å². The molecule has 0 heterocycles. The molecule has 0 aromatic heterocycles. The van der Waals surface area contributed by atoms with Crippen molar-refractivity contribution in [1.82, 2.24) is 10.9 Å². The summed E-state index contributed by atoms with van der Waals surface area (Å²) in [5, 5.41) is 0. The molecule has 0 spiro atoms. The number of nitrogens with one attached hydrogen (secondary N) is 3. The number of anilines is 1. The van der Waals surface area contributed by atoms with Crippen molar-refractivity contribution in [2.75, 3.05) is 18.9 Å². The van der Waals surface area contributed by atoms with Crippen LogP contribution in [0.5, 0.6) is 11.5 Å². The summed E-state index contributed by atoms with van der Waals surface area (Å²) in [6.45, 7) is 1.86. The van der Waals surface area contributed by atoms with Gasteiger partial charge in [-0.2, -0.15) is 0 Å². The number of methoxy groups -OCH3 is 2. The molecular formula is C23H23N3O6S. The number of carbonyl (C=O) groups excluding carboxylic acids is 2. The smallest absolute Gasteiger partial charge is 0.269 e. The van der Waals surface area contributed by atoms with Crippen LogP contribution in [0.3, 0.4) is 0 Å². The van der Waals surface area contributed by atoms with Crippen molar-refractivity contribution in [1.29, 1.82) is 0 Å². The summed E-state index contributed by atoms with van der Waals surface area (Å²) < 4.78 is 37.9. The number of rotatable bonds is 7.